The Morgan fingerprint density at radius 1 is 1.38 bits per heavy atom. The maximum absolute atomic E-state index is 13.9. The molecule has 1 aromatic carbocycles. The van der Waals surface area contributed by atoms with Gasteiger partial charge in [-0.25, -0.2) is 9.37 Å². The molecule has 1 atom stereocenters. The molecule has 1 aliphatic rings. The van der Waals surface area contributed by atoms with Gasteiger partial charge in [0.25, 0.3) is 5.91 Å². The average Bonchev–Trinajstić information content (AvgIpc) is 3.13. The molecule has 0 saturated carbocycles. The number of rotatable bonds is 5. The summed E-state index contributed by atoms with van der Waals surface area (Å²) in [6.07, 6.45) is 3.48. The standard InChI is InChI=1S/C18H19FN2O3/c1-21(17-15(19)8-4-10-20-17)18(22)14-7-2-3-9-16(14)24-12-13-6-5-11-23-13/h2-4,7-10,13H,5-6,11-12H2,1H3. The Bertz CT molecular complexity index is 717. The zero-order valence-corrected chi connectivity index (χ0v) is 13.4. The van der Waals surface area contributed by atoms with Crippen LogP contribution >= 0.6 is 0 Å². The molecule has 3 rings (SSSR count). The number of aromatic nitrogens is 1. The van der Waals surface area contributed by atoms with Crippen LogP contribution in [0.5, 0.6) is 5.75 Å². The molecule has 1 fully saturated rings. The lowest BCUT2D eigenvalue weighted by Gasteiger charge is -2.19. The molecule has 1 amide bonds. The van der Waals surface area contributed by atoms with Crippen molar-refractivity contribution in [3.8, 4) is 5.75 Å². The highest BCUT2D eigenvalue weighted by atomic mass is 19.1. The van der Waals surface area contributed by atoms with Crippen molar-refractivity contribution in [1.29, 1.82) is 0 Å². The maximum Gasteiger partial charge on any atom is 0.263 e. The summed E-state index contributed by atoms with van der Waals surface area (Å²) in [6, 6.07) is 9.68. The quantitative estimate of drug-likeness (QED) is 0.845. The lowest BCUT2D eigenvalue weighted by atomic mass is 10.1. The van der Waals surface area contributed by atoms with Crippen LogP contribution in [0.25, 0.3) is 0 Å². The molecule has 0 spiro atoms. The van der Waals surface area contributed by atoms with Gasteiger partial charge >= 0.3 is 0 Å². The lowest BCUT2D eigenvalue weighted by molar-refractivity contribution is 0.0672. The van der Waals surface area contributed by atoms with Crippen LogP contribution in [0.4, 0.5) is 10.2 Å². The molecule has 1 saturated heterocycles. The molecule has 24 heavy (non-hydrogen) atoms. The fraction of sp³-hybridized carbons (Fsp3) is 0.333. The van der Waals surface area contributed by atoms with Gasteiger partial charge in [-0.15, -0.1) is 0 Å². The number of carbonyl (C=O) groups excluding carboxylic acids is 1. The number of benzene rings is 1. The first kappa shape index (κ1) is 16.4. The second-order valence-corrected chi connectivity index (χ2v) is 5.62. The van der Waals surface area contributed by atoms with Gasteiger partial charge in [0.05, 0.1) is 11.7 Å². The maximum atomic E-state index is 13.9. The number of hydrogen-bond donors (Lipinski definition) is 0. The first-order valence-electron chi connectivity index (χ1n) is 7.89. The molecular weight excluding hydrogens is 311 g/mol. The van der Waals surface area contributed by atoms with E-state index in [2.05, 4.69) is 4.98 Å². The minimum Gasteiger partial charge on any atom is -0.490 e. The van der Waals surface area contributed by atoms with E-state index in [1.54, 1.807) is 24.3 Å². The zero-order chi connectivity index (χ0) is 16.9. The smallest absolute Gasteiger partial charge is 0.263 e. The Kier molecular flexibility index (Phi) is 5.05. The van der Waals surface area contributed by atoms with Gasteiger partial charge in [-0.1, -0.05) is 12.1 Å². The Hall–Kier alpha value is -2.47. The first-order valence-corrected chi connectivity index (χ1v) is 7.89. The average molecular weight is 330 g/mol. The normalized spacial score (nSPS) is 16.8. The Balaban J connectivity index is 1.78. The van der Waals surface area contributed by atoms with Crippen LogP contribution in [0.3, 0.4) is 0 Å². The van der Waals surface area contributed by atoms with Gasteiger partial charge < -0.3 is 9.47 Å². The Morgan fingerprint density at radius 3 is 2.96 bits per heavy atom. The number of nitrogens with zero attached hydrogens (tertiary/aromatic N) is 2. The summed E-state index contributed by atoms with van der Waals surface area (Å²) < 4.78 is 25.2. The molecule has 1 unspecified atom stereocenters. The van der Waals surface area contributed by atoms with Gasteiger partial charge in [-0.3, -0.25) is 9.69 Å². The summed E-state index contributed by atoms with van der Waals surface area (Å²) in [5.41, 5.74) is 0.364. The van der Waals surface area contributed by atoms with Crippen molar-refractivity contribution in [2.45, 2.75) is 18.9 Å². The summed E-state index contributed by atoms with van der Waals surface area (Å²) >= 11 is 0. The van der Waals surface area contributed by atoms with Crippen molar-refractivity contribution >= 4 is 11.7 Å². The van der Waals surface area contributed by atoms with Crippen LogP contribution in [0, 0.1) is 5.82 Å². The lowest BCUT2D eigenvalue weighted by Crippen LogP contribution is -2.29. The second kappa shape index (κ2) is 7.40. The largest absolute Gasteiger partial charge is 0.490 e. The predicted molar refractivity (Wildman–Crippen MR) is 87.8 cm³/mol. The fourth-order valence-corrected chi connectivity index (χ4v) is 2.63. The molecule has 2 heterocycles. The number of amides is 1. The number of hydrogen-bond acceptors (Lipinski definition) is 4. The third-order valence-corrected chi connectivity index (χ3v) is 3.93. The van der Waals surface area contributed by atoms with E-state index in [1.165, 1.54) is 30.3 Å². The van der Waals surface area contributed by atoms with Crippen LogP contribution in [-0.4, -0.2) is 37.3 Å². The number of halogens is 1. The van der Waals surface area contributed by atoms with Crippen LogP contribution in [-0.2, 0) is 4.74 Å². The van der Waals surface area contributed by atoms with E-state index in [9.17, 15) is 9.18 Å². The Labute approximate surface area is 140 Å². The van der Waals surface area contributed by atoms with Gasteiger partial charge in [0.2, 0.25) is 0 Å². The molecule has 126 valence electrons. The molecule has 0 aliphatic carbocycles. The predicted octanol–water partition coefficient (Wildman–Crippen LogP) is 3.06. The number of anilines is 1. The van der Waals surface area contributed by atoms with E-state index in [0.29, 0.717) is 17.9 Å². The monoisotopic (exact) mass is 330 g/mol. The number of carbonyl (C=O) groups is 1. The van der Waals surface area contributed by atoms with E-state index >= 15 is 0 Å². The van der Waals surface area contributed by atoms with E-state index in [4.69, 9.17) is 9.47 Å². The minimum absolute atomic E-state index is 0.0172. The van der Waals surface area contributed by atoms with Crippen LogP contribution < -0.4 is 9.64 Å². The van der Waals surface area contributed by atoms with Crippen LogP contribution in [0.2, 0.25) is 0 Å². The van der Waals surface area contributed by atoms with Gasteiger partial charge in [-0.2, -0.15) is 0 Å². The molecule has 1 aromatic heterocycles. The molecule has 0 bridgehead atoms. The molecule has 2 aromatic rings. The second-order valence-electron chi connectivity index (χ2n) is 5.62. The molecule has 0 radical (unpaired) electrons. The summed E-state index contributed by atoms with van der Waals surface area (Å²) in [5.74, 6) is -0.487. The van der Waals surface area contributed by atoms with E-state index in [-0.39, 0.29) is 17.8 Å². The van der Waals surface area contributed by atoms with Gasteiger partial charge in [0.15, 0.2) is 11.6 Å². The fourth-order valence-electron chi connectivity index (χ4n) is 2.63. The van der Waals surface area contributed by atoms with Crippen molar-refractivity contribution in [2.24, 2.45) is 0 Å². The van der Waals surface area contributed by atoms with E-state index < -0.39 is 5.82 Å². The van der Waals surface area contributed by atoms with Crippen molar-refractivity contribution in [3.05, 3.63) is 54.0 Å². The van der Waals surface area contributed by atoms with Crippen molar-refractivity contribution in [1.82, 2.24) is 4.98 Å². The van der Waals surface area contributed by atoms with Gasteiger partial charge in [0, 0.05) is 19.9 Å². The number of pyridine rings is 1. The summed E-state index contributed by atoms with van der Waals surface area (Å²) in [7, 11) is 1.49. The highest BCUT2D eigenvalue weighted by molar-refractivity contribution is 6.07. The summed E-state index contributed by atoms with van der Waals surface area (Å²) in [5, 5.41) is 0. The molecule has 1 aliphatic heterocycles. The highest BCUT2D eigenvalue weighted by Crippen LogP contribution is 2.24. The minimum atomic E-state index is -0.550. The molecule has 6 heteroatoms. The third kappa shape index (κ3) is 3.54. The topological polar surface area (TPSA) is 51.7 Å². The third-order valence-electron chi connectivity index (χ3n) is 3.93. The highest BCUT2D eigenvalue weighted by Gasteiger charge is 2.22. The number of para-hydroxylation sites is 1. The van der Waals surface area contributed by atoms with Crippen molar-refractivity contribution in [2.75, 3.05) is 25.2 Å². The molecule has 5 nitrogen and oxygen atoms in total. The zero-order valence-electron chi connectivity index (χ0n) is 13.4. The molecular formula is C18H19FN2O3. The van der Waals surface area contributed by atoms with Crippen LogP contribution in [0.1, 0.15) is 23.2 Å². The van der Waals surface area contributed by atoms with Crippen LogP contribution in [0.15, 0.2) is 42.6 Å². The van der Waals surface area contributed by atoms with E-state index in [1.807, 2.05) is 0 Å². The summed E-state index contributed by atoms with van der Waals surface area (Å²) in [6.45, 7) is 1.14. The van der Waals surface area contributed by atoms with Gasteiger partial charge in [0.1, 0.15) is 12.4 Å². The first-order chi connectivity index (χ1) is 11.7. The SMILES string of the molecule is CN(C(=O)c1ccccc1OCC1CCCO1)c1ncccc1F. The summed E-state index contributed by atoms with van der Waals surface area (Å²) in [4.78, 5) is 17.8. The Morgan fingerprint density at radius 2 is 2.21 bits per heavy atom. The van der Waals surface area contributed by atoms with Crippen molar-refractivity contribution in [3.63, 3.8) is 0 Å². The number of ether oxygens (including phenoxy) is 2. The molecule has 0 N–H and O–H groups in total. The van der Waals surface area contributed by atoms with E-state index in [0.717, 1.165) is 19.4 Å². The van der Waals surface area contributed by atoms with Gasteiger partial charge in [-0.05, 0) is 37.1 Å². The van der Waals surface area contributed by atoms with Crippen molar-refractivity contribution < 1.29 is 18.7 Å².